The van der Waals surface area contributed by atoms with Crippen LogP contribution in [-0.4, -0.2) is 25.2 Å². The van der Waals surface area contributed by atoms with Crippen molar-refractivity contribution in [1.82, 2.24) is 0 Å². The third-order valence-corrected chi connectivity index (χ3v) is 4.31. The molecule has 0 spiro atoms. The molecule has 0 heterocycles. The number of hydrogen-bond acceptors (Lipinski definition) is 4. The van der Waals surface area contributed by atoms with Crippen LogP contribution in [0.5, 0.6) is 0 Å². The highest BCUT2D eigenvalue weighted by atomic mass is 79.9. The Kier molecular flexibility index (Phi) is 7.76. The summed E-state index contributed by atoms with van der Waals surface area (Å²) in [7, 11) is 0. The molecule has 0 aliphatic carbocycles. The summed E-state index contributed by atoms with van der Waals surface area (Å²) in [6, 6.07) is 7.58. The molecular weight excluding hydrogens is 360 g/mol. The summed E-state index contributed by atoms with van der Waals surface area (Å²) in [4.78, 5) is 25.4. The molecule has 0 fully saturated rings. The van der Waals surface area contributed by atoms with Crippen LogP contribution in [0.1, 0.15) is 39.7 Å². The molecule has 128 valence electrons. The molecule has 0 saturated carbocycles. The van der Waals surface area contributed by atoms with Crippen molar-refractivity contribution in [3.63, 3.8) is 0 Å². The van der Waals surface area contributed by atoms with Crippen LogP contribution in [0.15, 0.2) is 28.7 Å². The highest BCUT2D eigenvalue weighted by Gasteiger charge is 2.49. The molecule has 0 radical (unpaired) electrons. The number of halogens is 1. The Morgan fingerprint density at radius 1 is 1.09 bits per heavy atom. The van der Waals surface area contributed by atoms with E-state index >= 15 is 0 Å². The molecule has 23 heavy (non-hydrogen) atoms. The molecule has 1 rings (SSSR count). The molecule has 0 saturated heterocycles. The van der Waals surface area contributed by atoms with E-state index in [-0.39, 0.29) is 25.6 Å². The lowest BCUT2D eigenvalue weighted by atomic mass is 9.75. The molecular formula is C18H25BrO4. The normalized spacial score (nSPS) is 11.4. The molecule has 0 aliphatic rings. The minimum atomic E-state index is -1.32. The van der Waals surface area contributed by atoms with E-state index in [0.29, 0.717) is 6.42 Å². The van der Waals surface area contributed by atoms with Crippen molar-refractivity contribution in [3.8, 4) is 0 Å². The first-order valence-electron chi connectivity index (χ1n) is 7.95. The lowest BCUT2D eigenvalue weighted by molar-refractivity contribution is -0.173. The SMILES string of the molecule is CCOC(=O)C(Cc1ccccc1Br)(CC(C)C)C(=O)OCC. The zero-order valence-electron chi connectivity index (χ0n) is 14.2. The van der Waals surface area contributed by atoms with E-state index in [0.717, 1.165) is 10.0 Å². The smallest absolute Gasteiger partial charge is 0.323 e. The van der Waals surface area contributed by atoms with Crippen LogP contribution in [0.3, 0.4) is 0 Å². The summed E-state index contributed by atoms with van der Waals surface area (Å²) in [5.41, 5.74) is -0.432. The van der Waals surface area contributed by atoms with E-state index in [1.807, 2.05) is 38.1 Å². The fourth-order valence-corrected chi connectivity index (χ4v) is 3.09. The number of rotatable bonds is 8. The van der Waals surface area contributed by atoms with Gasteiger partial charge in [-0.1, -0.05) is 48.0 Å². The van der Waals surface area contributed by atoms with E-state index in [9.17, 15) is 9.59 Å². The fraction of sp³-hybridized carbons (Fsp3) is 0.556. The fourth-order valence-electron chi connectivity index (χ4n) is 2.67. The Morgan fingerprint density at radius 2 is 1.61 bits per heavy atom. The van der Waals surface area contributed by atoms with Gasteiger partial charge in [-0.05, 0) is 37.8 Å². The quantitative estimate of drug-likeness (QED) is 0.498. The van der Waals surface area contributed by atoms with Crippen molar-refractivity contribution in [1.29, 1.82) is 0 Å². The van der Waals surface area contributed by atoms with E-state index < -0.39 is 17.4 Å². The largest absolute Gasteiger partial charge is 0.465 e. The molecule has 0 unspecified atom stereocenters. The number of benzene rings is 1. The van der Waals surface area contributed by atoms with Gasteiger partial charge in [-0.25, -0.2) is 0 Å². The van der Waals surface area contributed by atoms with Gasteiger partial charge in [0.1, 0.15) is 0 Å². The Balaban J connectivity index is 3.32. The number of hydrogen-bond donors (Lipinski definition) is 0. The molecule has 0 aliphatic heterocycles. The first-order chi connectivity index (χ1) is 10.9. The van der Waals surface area contributed by atoms with Gasteiger partial charge < -0.3 is 9.47 Å². The maximum Gasteiger partial charge on any atom is 0.323 e. The summed E-state index contributed by atoms with van der Waals surface area (Å²) in [5, 5.41) is 0. The molecule has 0 aromatic heterocycles. The molecule has 0 atom stereocenters. The van der Waals surface area contributed by atoms with Crippen molar-refractivity contribution in [3.05, 3.63) is 34.3 Å². The third kappa shape index (κ3) is 5.06. The molecule has 4 nitrogen and oxygen atoms in total. The van der Waals surface area contributed by atoms with E-state index in [2.05, 4.69) is 15.9 Å². The van der Waals surface area contributed by atoms with Crippen LogP contribution >= 0.6 is 15.9 Å². The van der Waals surface area contributed by atoms with Crippen LogP contribution < -0.4 is 0 Å². The van der Waals surface area contributed by atoms with Crippen LogP contribution in [-0.2, 0) is 25.5 Å². The molecule has 0 bridgehead atoms. The van der Waals surface area contributed by atoms with Crippen LogP contribution in [0.4, 0.5) is 0 Å². The number of carbonyl (C=O) groups excluding carboxylic acids is 2. The lowest BCUT2D eigenvalue weighted by Crippen LogP contribution is -2.45. The van der Waals surface area contributed by atoms with Gasteiger partial charge in [0.15, 0.2) is 5.41 Å². The summed E-state index contributed by atoms with van der Waals surface area (Å²) in [5.74, 6) is -0.878. The van der Waals surface area contributed by atoms with Gasteiger partial charge >= 0.3 is 11.9 Å². The average molecular weight is 385 g/mol. The van der Waals surface area contributed by atoms with Gasteiger partial charge in [-0.15, -0.1) is 0 Å². The van der Waals surface area contributed by atoms with Crippen molar-refractivity contribution in [2.45, 2.75) is 40.5 Å². The Morgan fingerprint density at radius 3 is 2.04 bits per heavy atom. The molecule has 1 aromatic carbocycles. The second-order valence-corrected chi connectivity index (χ2v) is 6.74. The summed E-state index contributed by atoms with van der Waals surface area (Å²) in [6.07, 6.45) is 0.635. The second kappa shape index (κ2) is 9.06. The van der Waals surface area contributed by atoms with Crippen molar-refractivity contribution < 1.29 is 19.1 Å². The maximum atomic E-state index is 12.7. The zero-order chi connectivity index (χ0) is 17.5. The predicted molar refractivity (Wildman–Crippen MR) is 93.0 cm³/mol. The summed E-state index contributed by atoms with van der Waals surface area (Å²) in [6.45, 7) is 7.89. The summed E-state index contributed by atoms with van der Waals surface area (Å²) >= 11 is 3.49. The third-order valence-electron chi connectivity index (χ3n) is 3.54. The maximum absolute atomic E-state index is 12.7. The highest BCUT2D eigenvalue weighted by Crippen LogP contribution is 2.36. The molecule has 5 heteroatoms. The van der Waals surface area contributed by atoms with Gasteiger partial charge in [0.05, 0.1) is 13.2 Å². The van der Waals surface area contributed by atoms with Gasteiger partial charge in [-0.2, -0.15) is 0 Å². The van der Waals surface area contributed by atoms with Crippen LogP contribution in [0, 0.1) is 11.3 Å². The topological polar surface area (TPSA) is 52.6 Å². The highest BCUT2D eigenvalue weighted by molar-refractivity contribution is 9.10. The van der Waals surface area contributed by atoms with Gasteiger partial charge in [0.25, 0.3) is 0 Å². The zero-order valence-corrected chi connectivity index (χ0v) is 15.8. The lowest BCUT2D eigenvalue weighted by Gasteiger charge is -2.31. The van der Waals surface area contributed by atoms with Gasteiger partial charge in [-0.3, -0.25) is 9.59 Å². The van der Waals surface area contributed by atoms with Crippen LogP contribution in [0.2, 0.25) is 0 Å². The first-order valence-corrected chi connectivity index (χ1v) is 8.74. The predicted octanol–water partition coefficient (Wildman–Crippen LogP) is 4.15. The minimum absolute atomic E-state index is 0.145. The van der Waals surface area contributed by atoms with Crippen molar-refractivity contribution in [2.24, 2.45) is 11.3 Å². The van der Waals surface area contributed by atoms with Gasteiger partial charge in [0.2, 0.25) is 0 Å². The Hall–Kier alpha value is -1.36. The van der Waals surface area contributed by atoms with E-state index in [1.54, 1.807) is 13.8 Å². The summed E-state index contributed by atoms with van der Waals surface area (Å²) < 4.78 is 11.3. The first kappa shape index (κ1) is 19.7. The monoisotopic (exact) mass is 384 g/mol. The standard InChI is InChI=1S/C18H25BrO4/c1-5-22-16(20)18(11-13(3)4,17(21)23-6-2)12-14-9-7-8-10-15(14)19/h7-10,13H,5-6,11-12H2,1-4H3. The van der Waals surface area contributed by atoms with Gasteiger partial charge in [0, 0.05) is 10.9 Å². The average Bonchev–Trinajstić information content (AvgIpc) is 2.48. The molecule has 0 N–H and O–H groups in total. The second-order valence-electron chi connectivity index (χ2n) is 5.89. The van der Waals surface area contributed by atoms with E-state index in [4.69, 9.17) is 9.47 Å². The van der Waals surface area contributed by atoms with Crippen molar-refractivity contribution in [2.75, 3.05) is 13.2 Å². The molecule has 1 aromatic rings. The number of esters is 2. The number of carbonyl (C=O) groups is 2. The Bertz CT molecular complexity index is 522. The minimum Gasteiger partial charge on any atom is -0.465 e. The van der Waals surface area contributed by atoms with Crippen molar-refractivity contribution >= 4 is 27.9 Å². The van der Waals surface area contributed by atoms with E-state index in [1.165, 1.54) is 0 Å². The van der Waals surface area contributed by atoms with Crippen LogP contribution in [0.25, 0.3) is 0 Å². The molecule has 0 amide bonds. The Labute approximate surface area is 146 Å². The number of ether oxygens (including phenoxy) is 2.